The van der Waals surface area contributed by atoms with Crippen LogP contribution in [0, 0.1) is 32.4 Å². The molecule has 3 rings (SSSR count). The molecule has 0 unspecified atom stereocenters. The number of nitrogens with one attached hydrogen (secondary N) is 1. The highest BCUT2D eigenvalue weighted by Gasteiger charge is 2.21. The third kappa shape index (κ3) is 4.13. The molecule has 3 aromatic rings. The largest absolute Gasteiger partial charge is 0.488 e. The number of aromatic nitrogens is 1. The van der Waals surface area contributed by atoms with E-state index in [0.717, 1.165) is 23.3 Å². The number of amides is 1. The Morgan fingerprint density at radius 2 is 1.89 bits per heavy atom. The highest BCUT2D eigenvalue weighted by Crippen LogP contribution is 2.23. The third-order valence-corrected chi connectivity index (χ3v) is 4.08. The Morgan fingerprint density at radius 3 is 2.59 bits per heavy atom. The van der Waals surface area contributed by atoms with E-state index in [1.165, 1.54) is 6.07 Å². The van der Waals surface area contributed by atoms with Crippen LogP contribution in [0.1, 0.15) is 32.9 Å². The van der Waals surface area contributed by atoms with Crippen LogP contribution < -0.4 is 10.1 Å². The summed E-state index contributed by atoms with van der Waals surface area (Å²) < 4.78 is 37.2. The first-order chi connectivity index (χ1) is 12.8. The summed E-state index contributed by atoms with van der Waals surface area (Å²) in [5.74, 6) is -1.52. The summed E-state index contributed by atoms with van der Waals surface area (Å²) in [5, 5.41) is 6.24. The Balaban J connectivity index is 1.77. The number of ether oxygens (including phenoxy) is 1. The van der Waals surface area contributed by atoms with E-state index in [2.05, 4.69) is 10.5 Å². The van der Waals surface area contributed by atoms with Gasteiger partial charge >= 0.3 is 0 Å². The average molecular weight is 372 g/mol. The molecule has 0 saturated carbocycles. The fourth-order valence-corrected chi connectivity index (χ4v) is 2.61. The Labute approximate surface area is 154 Å². The van der Waals surface area contributed by atoms with Gasteiger partial charge in [-0.1, -0.05) is 22.9 Å². The number of aryl methyl sites for hydroxylation is 3. The highest BCUT2D eigenvalue weighted by atomic mass is 19.2. The first-order valence-corrected chi connectivity index (χ1v) is 8.26. The number of rotatable bonds is 5. The predicted molar refractivity (Wildman–Crippen MR) is 95.8 cm³/mol. The summed E-state index contributed by atoms with van der Waals surface area (Å²) in [7, 11) is 0. The van der Waals surface area contributed by atoms with Gasteiger partial charge in [0.15, 0.2) is 17.3 Å². The fourth-order valence-electron chi connectivity index (χ4n) is 2.61. The van der Waals surface area contributed by atoms with Crippen LogP contribution in [0.2, 0.25) is 0 Å². The van der Waals surface area contributed by atoms with Crippen molar-refractivity contribution < 1.29 is 22.8 Å². The molecule has 0 spiro atoms. The zero-order chi connectivity index (χ0) is 19.6. The topological polar surface area (TPSA) is 64.4 Å². The van der Waals surface area contributed by atoms with Crippen LogP contribution in [0.4, 0.5) is 14.5 Å². The Bertz CT molecular complexity index is 999. The standard InChI is InChI=1S/C20H18F2N2O3/c1-11-4-7-18(12(2)8-11)26-10-15-13(3)27-24-19(15)20(25)23-14-5-6-16(21)17(22)9-14/h4-9H,10H2,1-3H3,(H,23,25). The number of hydrogen-bond acceptors (Lipinski definition) is 4. The monoisotopic (exact) mass is 372 g/mol. The van der Waals surface area contributed by atoms with Gasteiger partial charge in [0, 0.05) is 11.8 Å². The van der Waals surface area contributed by atoms with Gasteiger partial charge in [0.2, 0.25) is 0 Å². The van der Waals surface area contributed by atoms with E-state index in [9.17, 15) is 13.6 Å². The molecule has 0 atom stereocenters. The molecule has 1 heterocycles. The SMILES string of the molecule is Cc1ccc(OCc2c(C(=O)Nc3ccc(F)c(F)c3)noc2C)c(C)c1. The van der Waals surface area contributed by atoms with Crippen LogP contribution >= 0.6 is 0 Å². The lowest BCUT2D eigenvalue weighted by atomic mass is 10.1. The fraction of sp³-hybridized carbons (Fsp3) is 0.200. The summed E-state index contributed by atoms with van der Waals surface area (Å²) in [6.07, 6.45) is 0. The van der Waals surface area contributed by atoms with Crippen LogP contribution in [0.5, 0.6) is 5.75 Å². The average Bonchev–Trinajstić information content (AvgIpc) is 2.98. The van der Waals surface area contributed by atoms with Gasteiger partial charge in [-0.15, -0.1) is 0 Å². The number of carbonyl (C=O) groups is 1. The lowest BCUT2D eigenvalue weighted by Gasteiger charge is -2.10. The van der Waals surface area contributed by atoms with E-state index in [-0.39, 0.29) is 18.0 Å². The van der Waals surface area contributed by atoms with Crippen molar-refractivity contribution in [2.75, 3.05) is 5.32 Å². The van der Waals surface area contributed by atoms with Crippen LogP contribution in [0.25, 0.3) is 0 Å². The van der Waals surface area contributed by atoms with Crippen molar-refractivity contribution in [2.24, 2.45) is 0 Å². The molecule has 0 aliphatic carbocycles. The zero-order valence-electron chi connectivity index (χ0n) is 15.1. The number of hydrogen-bond donors (Lipinski definition) is 1. The molecule has 1 N–H and O–H groups in total. The molecule has 0 fully saturated rings. The van der Waals surface area contributed by atoms with E-state index < -0.39 is 17.5 Å². The van der Waals surface area contributed by atoms with Gasteiger partial charge in [-0.25, -0.2) is 8.78 Å². The predicted octanol–water partition coefficient (Wildman–Crippen LogP) is 4.71. The van der Waals surface area contributed by atoms with Gasteiger partial charge in [-0.05, 0) is 44.5 Å². The Morgan fingerprint density at radius 1 is 1.11 bits per heavy atom. The van der Waals surface area contributed by atoms with E-state index in [4.69, 9.17) is 9.26 Å². The van der Waals surface area contributed by atoms with Crippen molar-refractivity contribution in [2.45, 2.75) is 27.4 Å². The van der Waals surface area contributed by atoms with Gasteiger partial charge in [0.25, 0.3) is 5.91 Å². The molecule has 140 valence electrons. The van der Waals surface area contributed by atoms with Gasteiger partial charge in [0.05, 0.1) is 5.56 Å². The molecule has 1 amide bonds. The number of benzene rings is 2. The van der Waals surface area contributed by atoms with Gasteiger partial charge < -0.3 is 14.6 Å². The second-order valence-corrected chi connectivity index (χ2v) is 6.21. The molecule has 2 aromatic carbocycles. The third-order valence-electron chi connectivity index (χ3n) is 4.08. The minimum atomic E-state index is -1.05. The summed E-state index contributed by atoms with van der Waals surface area (Å²) in [6.45, 7) is 5.67. The first-order valence-electron chi connectivity index (χ1n) is 8.26. The number of halogens is 2. The maximum atomic E-state index is 13.3. The van der Waals surface area contributed by atoms with Crippen LogP contribution in [-0.2, 0) is 6.61 Å². The smallest absolute Gasteiger partial charge is 0.278 e. The molecular weight excluding hydrogens is 354 g/mol. The number of nitrogens with zero attached hydrogens (tertiary/aromatic N) is 1. The summed E-state index contributed by atoms with van der Waals surface area (Å²) in [4.78, 5) is 12.5. The van der Waals surface area contributed by atoms with Crippen molar-refractivity contribution in [3.05, 3.63) is 76.2 Å². The van der Waals surface area contributed by atoms with Crippen LogP contribution in [0.15, 0.2) is 40.9 Å². The molecule has 27 heavy (non-hydrogen) atoms. The summed E-state index contributed by atoms with van der Waals surface area (Å²) >= 11 is 0. The second kappa shape index (κ2) is 7.57. The minimum Gasteiger partial charge on any atom is -0.488 e. The van der Waals surface area contributed by atoms with E-state index in [0.29, 0.717) is 17.1 Å². The van der Waals surface area contributed by atoms with Crippen molar-refractivity contribution >= 4 is 11.6 Å². The molecule has 0 aliphatic rings. The van der Waals surface area contributed by atoms with E-state index in [1.54, 1.807) is 6.92 Å². The normalized spacial score (nSPS) is 10.7. The van der Waals surface area contributed by atoms with Crippen molar-refractivity contribution in [3.63, 3.8) is 0 Å². The molecule has 0 saturated heterocycles. The molecule has 0 aliphatic heterocycles. The Kier molecular flexibility index (Phi) is 5.21. The summed E-state index contributed by atoms with van der Waals surface area (Å²) in [6, 6.07) is 8.87. The molecule has 5 nitrogen and oxygen atoms in total. The molecular formula is C20H18F2N2O3. The van der Waals surface area contributed by atoms with Crippen molar-refractivity contribution in [1.82, 2.24) is 5.16 Å². The maximum Gasteiger partial charge on any atom is 0.278 e. The van der Waals surface area contributed by atoms with Gasteiger partial charge in [0.1, 0.15) is 18.1 Å². The highest BCUT2D eigenvalue weighted by molar-refractivity contribution is 6.03. The van der Waals surface area contributed by atoms with E-state index in [1.807, 2.05) is 32.0 Å². The zero-order valence-corrected chi connectivity index (χ0v) is 15.1. The van der Waals surface area contributed by atoms with Crippen molar-refractivity contribution in [3.8, 4) is 5.75 Å². The Hall–Kier alpha value is -3.22. The molecule has 7 heteroatoms. The van der Waals surface area contributed by atoms with Crippen LogP contribution in [0.3, 0.4) is 0 Å². The van der Waals surface area contributed by atoms with Gasteiger partial charge in [-0.3, -0.25) is 4.79 Å². The lowest BCUT2D eigenvalue weighted by molar-refractivity contribution is 0.101. The van der Waals surface area contributed by atoms with Crippen LogP contribution in [-0.4, -0.2) is 11.1 Å². The molecule has 1 aromatic heterocycles. The second-order valence-electron chi connectivity index (χ2n) is 6.21. The number of anilines is 1. The quantitative estimate of drug-likeness (QED) is 0.704. The minimum absolute atomic E-state index is 0.0296. The van der Waals surface area contributed by atoms with Gasteiger partial charge in [-0.2, -0.15) is 0 Å². The lowest BCUT2D eigenvalue weighted by Crippen LogP contribution is -2.15. The number of carbonyl (C=O) groups excluding carboxylic acids is 1. The van der Waals surface area contributed by atoms with Crippen molar-refractivity contribution in [1.29, 1.82) is 0 Å². The maximum absolute atomic E-state index is 13.3. The van der Waals surface area contributed by atoms with E-state index >= 15 is 0 Å². The summed E-state index contributed by atoms with van der Waals surface area (Å²) in [5.41, 5.74) is 2.71. The molecule has 0 bridgehead atoms. The molecule has 0 radical (unpaired) electrons. The first kappa shape index (κ1) is 18.6.